The summed E-state index contributed by atoms with van der Waals surface area (Å²) < 4.78 is 6.36. The molecule has 2 rings (SSSR count). The molecule has 5 nitrogen and oxygen atoms in total. The summed E-state index contributed by atoms with van der Waals surface area (Å²) in [5, 5.41) is 13.2. The molecule has 0 spiro atoms. The monoisotopic (exact) mass is 281 g/mol. The molecule has 1 aromatic carbocycles. The van der Waals surface area contributed by atoms with Crippen LogP contribution in [0.3, 0.4) is 0 Å². The van der Waals surface area contributed by atoms with Crippen molar-refractivity contribution in [1.29, 1.82) is 5.26 Å². The molecule has 0 saturated carbocycles. The Kier molecular flexibility index (Phi) is 4.19. The standard InChI is InChI=1S/C16H15N3O2/c1-11-7-12(2)19(16(20)15(11)9-17)18-10-13-5-4-6-14(8-13)21-3/h4-8,10H,1-3H3. The molecule has 0 unspecified atom stereocenters. The van der Waals surface area contributed by atoms with E-state index in [4.69, 9.17) is 10.00 Å². The van der Waals surface area contributed by atoms with Crippen molar-refractivity contribution in [3.05, 3.63) is 63.1 Å². The number of aromatic nitrogens is 1. The third kappa shape index (κ3) is 3.00. The number of hydrogen-bond donors (Lipinski definition) is 0. The molecule has 0 saturated heterocycles. The fraction of sp³-hybridized carbons (Fsp3) is 0.188. The molecule has 0 aliphatic rings. The Labute approximate surface area is 122 Å². The lowest BCUT2D eigenvalue weighted by Crippen LogP contribution is -2.22. The van der Waals surface area contributed by atoms with E-state index in [9.17, 15) is 4.79 Å². The van der Waals surface area contributed by atoms with Gasteiger partial charge in [0, 0.05) is 5.69 Å². The summed E-state index contributed by atoms with van der Waals surface area (Å²) in [4.78, 5) is 12.2. The average Bonchev–Trinajstić information content (AvgIpc) is 2.47. The molecule has 21 heavy (non-hydrogen) atoms. The van der Waals surface area contributed by atoms with Crippen molar-refractivity contribution in [2.24, 2.45) is 5.10 Å². The highest BCUT2D eigenvalue weighted by molar-refractivity contribution is 5.80. The van der Waals surface area contributed by atoms with Crippen molar-refractivity contribution in [3.63, 3.8) is 0 Å². The zero-order valence-electron chi connectivity index (χ0n) is 12.1. The van der Waals surface area contributed by atoms with Crippen LogP contribution in [0.1, 0.15) is 22.4 Å². The molecule has 0 fully saturated rings. The number of pyridine rings is 1. The van der Waals surface area contributed by atoms with Gasteiger partial charge in [-0.1, -0.05) is 12.1 Å². The second-order valence-electron chi connectivity index (χ2n) is 4.59. The van der Waals surface area contributed by atoms with E-state index in [-0.39, 0.29) is 5.56 Å². The van der Waals surface area contributed by atoms with Crippen molar-refractivity contribution in [2.75, 3.05) is 7.11 Å². The average molecular weight is 281 g/mol. The summed E-state index contributed by atoms with van der Waals surface area (Å²) in [5.74, 6) is 0.713. The number of benzene rings is 1. The number of ether oxygens (including phenoxy) is 1. The van der Waals surface area contributed by atoms with Gasteiger partial charge in [-0.3, -0.25) is 4.79 Å². The van der Waals surface area contributed by atoms with Crippen molar-refractivity contribution in [1.82, 2.24) is 4.68 Å². The molecule has 0 atom stereocenters. The van der Waals surface area contributed by atoms with Crippen LogP contribution in [-0.2, 0) is 0 Å². The third-order valence-electron chi connectivity index (χ3n) is 3.09. The van der Waals surface area contributed by atoms with Gasteiger partial charge in [0.25, 0.3) is 5.56 Å². The highest BCUT2D eigenvalue weighted by Gasteiger charge is 2.08. The van der Waals surface area contributed by atoms with Crippen molar-refractivity contribution in [2.45, 2.75) is 13.8 Å². The predicted octanol–water partition coefficient (Wildman–Crippen LogP) is 2.23. The van der Waals surface area contributed by atoms with Crippen LogP contribution in [0.2, 0.25) is 0 Å². The number of rotatable bonds is 3. The minimum Gasteiger partial charge on any atom is -0.497 e. The normalized spacial score (nSPS) is 10.6. The largest absolute Gasteiger partial charge is 0.497 e. The van der Waals surface area contributed by atoms with E-state index in [0.29, 0.717) is 17.0 Å². The van der Waals surface area contributed by atoms with Crippen LogP contribution in [-0.4, -0.2) is 18.0 Å². The first-order valence-corrected chi connectivity index (χ1v) is 6.38. The maximum absolute atomic E-state index is 12.2. The van der Waals surface area contributed by atoms with E-state index in [1.807, 2.05) is 30.3 Å². The maximum Gasteiger partial charge on any atom is 0.289 e. The second-order valence-corrected chi connectivity index (χ2v) is 4.59. The van der Waals surface area contributed by atoms with E-state index in [1.165, 1.54) is 4.68 Å². The van der Waals surface area contributed by atoms with Crippen LogP contribution in [0.5, 0.6) is 5.75 Å². The molecular formula is C16H15N3O2. The van der Waals surface area contributed by atoms with Crippen LogP contribution in [0.15, 0.2) is 40.2 Å². The van der Waals surface area contributed by atoms with Crippen molar-refractivity contribution in [3.8, 4) is 11.8 Å². The lowest BCUT2D eigenvalue weighted by Gasteiger charge is -2.06. The third-order valence-corrected chi connectivity index (χ3v) is 3.09. The van der Waals surface area contributed by atoms with Gasteiger partial charge in [0.15, 0.2) is 0 Å². The number of aryl methyl sites for hydroxylation is 2. The van der Waals surface area contributed by atoms with Gasteiger partial charge < -0.3 is 4.74 Å². The molecule has 0 aliphatic carbocycles. The van der Waals surface area contributed by atoms with Gasteiger partial charge in [-0.25, -0.2) is 4.68 Å². The van der Waals surface area contributed by atoms with Gasteiger partial charge in [-0.2, -0.15) is 10.4 Å². The van der Waals surface area contributed by atoms with Crippen LogP contribution in [0.4, 0.5) is 0 Å². The summed E-state index contributed by atoms with van der Waals surface area (Å²) in [6.07, 6.45) is 1.56. The first-order chi connectivity index (χ1) is 10.1. The molecule has 1 heterocycles. The molecule has 5 heteroatoms. The Balaban J connectivity index is 2.46. The van der Waals surface area contributed by atoms with Crippen LogP contribution in [0.25, 0.3) is 0 Å². The summed E-state index contributed by atoms with van der Waals surface area (Å²) in [6.45, 7) is 3.52. The molecule has 0 bridgehead atoms. The van der Waals surface area contributed by atoms with Gasteiger partial charge in [0.2, 0.25) is 0 Å². The Morgan fingerprint density at radius 3 is 2.76 bits per heavy atom. The Morgan fingerprint density at radius 2 is 2.10 bits per heavy atom. The van der Waals surface area contributed by atoms with Gasteiger partial charge >= 0.3 is 0 Å². The SMILES string of the molecule is COc1cccc(C=Nn2c(C)cc(C)c(C#N)c2=O)c1. The zero-order valence-corrected chi connectivity index (χ0v) is 12.1. The number of nitriles is 1. The molecule has 0 amide bonds. The van der Waals surface area contributed by atoms with Crippen molar-refractivity contribution < 1.29 is 4.74 Å². The summed E-state index contributed by atoms with van der Waals surface area (Å²) in [7, 11) is 1.59. The van der Waals surface area contributed by atoms with Gasteiger partial charge in [-0.05, 0) is 43.2 Å². The van der Waals surface area contributed by atoms with E-state index >= 15 is 0 Å². The van der Waals surface area contributed by atoms with E-state index in [0.717, 1.165) is 5.56 Å². The van der Waals surface area contributed by atoms with E-state index in [1.54, 1.807) is 33.2 Å². The molecule has 2 aromatic rings. The molecule has 106 valence electrons. The minimum atomic E-state index is -0.408. The lowest BCUT2D eigenvalue weighted by atomic mass is 10.1. The number of hydrogen-bond acceptors (Lipinski definition) is 4. The van der Waals surface area contributed by atoms with E-state index < -0.39 is 5.56 Å². The summed E-state index contributed by atoms with van der Waals surface area (Å²) in [5.41, 5.74) is 1.85. The fourth-order valence-electron chi connectivity index (χ4n) is 2.01. The highest BCUT2D eigenvalue weighted by atomic mass is 16.5. The minimum absolute atomic E-state index is 0.114. The van der Waals surface area contributed by atoms with Crippen LogP contribution < -0.4 is 10.3 Å². The Bertz CT molecular complexity index is 798. The fourth-order valence-corrected chi connectivity index (χ4v) is 2.01. The topological polar surface area (TPSA) is 67.4 Å². The summed E-state index contributed by atoms with van der Waals surface area (Å²) in [6, 6.07) is 11.0. The van der Waals surface area contributed by atoms with Crippen LogP contribution >= 0.6 is 0 Å². The maximum atomic E-state index is 12.2. The smallest absolute Gasteiger partial charge is 0.289 e. The Morgan fingerprint density at radius 1 is 1.33 bits per heavy atom. The lowest BCUT2D eigenvalue weighted by molar-refractivity contribution is 0.415. The van der Waals surface area contributed by atoms with Crippen molar-refractivity contribution >= 4 is 6.21 Å². The first kappa shape index (κ1) is 14.5. The predicted molar refractivity (Wildman–Crippen MR) is 80.9 cm³/mol. The van der Waals surface area contributed by atoms with Gasteiger partial charge in [0.1, 0.15) is 17.4 Å². The van der Waals surface area contributed by atoms with Gasteiger partial charge in [0.05, 0.1) is 13.3 Å². The zero-order chi connectivity index (χ0) is 15.4. The number of methoxy groups -OCH3 is 1. The van der Waals surface area contributed by atoms with E-state index in [2.05, 4.69) is 5.10 Å². The Hall–Kier alpha value is -2.87. The second kappa shape index (κ2) is 6.06. The highest BCUT2D eigenvalue weighted by Crippen LogP contribution is 2.11. The molecule has 0 radical (unpaired) electrons. The van der Waals surface area contributed by atoms with Crippen LogP contribution in [0, 0.1) is 25.2 Å². The first-order valence-electron chi connectivity index (χ1n) is 6.38. The molecule has 0 N–H and O–H groups in total. The van der Waals surface area contributed by atoms with Gasteiger partial charge in [-0.15, -0.1) is 0 Å². The summed E-state index contributed by atoms with van der Waals surface area (Å²) >= 11 is 0. The molecule has 0 aliphatic heterocycles. The quantitative estimate of drug-likeness (QED) is 0.810. The molecular weight excluding hydrogens is 266 g/mol. The number of nitrogens with zero attached hydrogens (tertiary/aromatic N) is 3. The molecule has 1 aromatic heterocycles.